The summed E-state index contributed by atoms with van der Waals surface area (Å²) in [5, 5.41) is 11.9. The quantitative estimate of drug-likeness (QED) is 0.218. The summed E-state index contributed by atoms with van der Waals surface area (Å²) in [7, 11) is 0. The fourth-order valence-electron chi connectivity index (χ4n) is 3.56. The number of hydrogen-bond acceptors (Lipinski definition) is 8. The number of ether oxygens (including phenoxy) is 2. The Kier molecular flexibility index (Phi) is 7.48. The Bertz CT molecular complexity index is 1280. The molecule has 3 aromatic carbocycles. The lowest BCUT2D eigenvalue weighted by molar-refractivity contribution is -0.130. The van der Waals surface area contributed by atoms with Gasteiger partial charge in [-0.3, -0.25) is 4.79 Å². The fourth-order valence-corrected chi connectivity index (χ4v) is 3.56. The Labute approximate surface area is 208 Å². The molecule has 0 spiro atoms. The van der Waals surface area contributed by atoms with Gasteiger partial charge in [0.25, 0.3) is 6.01 Å². The van der Waals surface area contributed by atoms with Crippen LogP contribution in [0.3, 0.4) is 0 Å². The Balaban J connectivity index is 1.44. The number of nitroso groups, excluding NO2 is 1. The highest BCUT2D eigenvalue weighted by Gasteiger charge is 2.31. The third-order valence-electron chi connectivity index (χ3n) is 5.50. The van der Waals surface area contributed by atoms with Gasteiger partial charge in [-0.05, 0) is 74.4 Å². The van der Waals surface area contributed by atoms with Gasteiger partial charge in [0.2, 0.25) is 0 Å². The molecule has 0 fully saturated rings. The predicted molar refractivity (Wildman–Crippen MR) is 135 cm³/mol. The number of para-hydroxylation sites is 2. The van der Waals surface area contributed by atoms with E-state index < -0.39 is 11.5 Å². The fraction of sp³-hybridized carbons (Fsp3) is 0.259. The summed E-state index contributed by atoms with van der Waals surface area (Å²) in [6.07, 6.45) is 0.704. The van der Waals surface area contributed by atoms with Crippen molar-refractivity contribution in [2.45, 2.75) is 32.4 Å². The molecule has 186 valence electrons. The molecule has 1 amide bonds. The van der Waals surface area contributed by atoms with Crippen molar-refractivity contribution in [2.24, 2.45) is 5.18 Å². The van der Waals surface area contributed by atoms with Crippen molar-refractivity contribution >= 4 is 23.0 Å². The smallest absolute Gasteiger partial charge is 0.328 e. The van der Waals surface area contributed by atoms with Crippen LogP contribution in [0.5, 0.6) is 17.2 Å². The van der Waals surface area contributed by atoms with Crippen molar-refractivity contribution in [3.05, 3.63) is 83.3 Å². The lowest BCUT2D eigenvalue weighted by Crippen LogP contribution is -2.36. The van der Waals surface area contributed by atoms with Crippen molar-refractivity contribution < 1.29 is 23.8 Å². The third-order valence-corrected chi connectivity index (χ3v) is 5.50. The Hall–Kier alpha value is -4.40. The first-order chi connectivity index (χ1) is 17.3. The molecule has 0 aliphatic carbocycles. The van der Waals surface area contributed by atoms with E-state index in [1.807, 2.05) is 41.3 Å². The molecule has 0 aliphatic rings. The van der Waals surface area contributed by atoms with Gasteiger partial charge in [-0.25, -0.2) is 0 Å². The van der Waals surface area contributed by atoms with E-state index in [9.17, 15) is 14.8 Å². The van der Waals surface area contributed by atoms with E-state index in [-0.39, 0.29) is 5.75 Å². The number of hydrogen-bond donors (Lipinski definition) is 1. The molecule has 36 heavy (non-hydrogen) atoms. The maximum Gasteiger partial charge on any atom is 0.328 e. The van der Waals surface area contributed by atoms with Gasteiger partial charge < -0.3 is 23.9 Å². The zero-order valence-corrected chi connectivity index (χ0v) is 20.1. The second-order valence-corrected chi connectivity index (χ2v) is 8.73. The first kappa shape index (κ1) is 24.7. The Morgan fingerprint density at radius 2 is 1.72 bits per heavy atom. The summed E-state index contributed by atoms with van der Waals surface area (Å²) in [5.74, 6) is 0.458. The first-order valence-electron chi connectivity index (χ1n) is 11.5. The number of carbonyl (C=O) groups excluding carboxylic acids is 1. The van der Waals surface area contributed by atoms with Crippen LogP contribution in [0, 0.1) is 4.91 Å². The van der Waals surface area contributed by atoms with Gasteiger partial charge in [0.15, 0.2) is 11.2 Å². The number of benzene rings is 3. The molecule has 0 aliphatic heterocycles. The highest BCUT2D eigenvalue weighted by molar-refractivity contribution is 5.85. The molecule has 9 heteroatoms. The number of aromatic hydroxyl groups is 1. The van der Waals surface area contributed by atoms with Crippen LogP contribution in [0.25, 0.3) is 11.1 Å². The second-order valence-electron chi connectivity index (χ2n) is 8.73. The van der Waals surface area contributed by atoms with Crippen LogP contribution in [0.1, 0.15) is 25.8 Å². The van der Waals surface area contributed by atoms with Crippen molar-refractivity contribution in [3.63, 3.8) is 0 Å². The number of phenolic OH excluding ortho intramolecular Hbond substituents is 1. The highest BCUT2D eigenvalue weighted by Crippen LogP contribution is 2.25. The highest BCUT2D eigenvalue weighted by atomic mass is 16.5. The third kappa shape index (κ3) is 6.18. The van der Waals surface area contributed by atoms with Crippen LogP contribution in [0.2, 0.25) is 0 Å². The normalized spacial score (nSPS) is 11.3. The average molecular weight is 490 g/mol. The molecule has 0 bridgehead atoms. The van der Waals surface area contributed by atoms with Gasteiger partial charge in [0.1, 0.15) is 22.8 Å². The summed E-state index contributed by atoms with van der Waals surface area (Å²) in [6, 6.07) is 22.0. The number of oxazole rings is 1. The van der Waals surface area contributed by atoms with Crippen molar-refractivity contribution in [1.29, 1.82) is 0 Å². The number of anilines is 1. The standard InChI is InChI=1S/C27H27N3O6/c1-27(2,25(32)29-33)36-22-12-8-19(9-13-22)18-30(26-28-23-6-3-4-7-24(23)35-26)16-5-17-34-21-14-10-20(31)11-15-21/h3-4,6-15,31H,5,16-18H2,1-2H3. The van der Waals surface area contributed by atoms with E-state index in [1.165, 1.54) is 13.8 Å². The second kappa shape index (κ2) is 10.9. The van der Waals surface area contributed by atoms with Gasteiger partial charge in [-0.2, -0.15) is 4.98 Å². The van der Waals surface area contributed by atoms with Crippen LogP contribution in [0.4, 0.5) is 6.01 Å². The van der Waals surface area contributed by atoms with E-state index >= 15 is 0 Å². The minimum atomic E-state index is -1.34. The lowest BCUT2D eigenvalue weighted by atomic mass is 10.1. The summed E-state index contributed by atoms with van der Waals surface area (Å²) in [6.45, 7) is 4.61. The molecular weight excluding hydrogens is 462 g/mol. The van der Waals surface area contributed by atoms with E-state index in [1.54, 1.807) is 36.4 Å². The molecule has 0 saturated heterocycles. The minimum absolute atomic E-state index is 0.191. The summed E-state index contributed by atoms with van der Waals surface area (Å²) in [4.78, 5) is 28.9. The van der Waals surface area contributed by atoms with Crippen LogP contribution in [-0.4, -0.2) is 34.8 Å². The molecule has 1 N–H and O–H groups in total. The molecule has 0 unspecified atom stereocenters. The molecule has 0 radical (unpaired) electrons. The van der Waals surface area contributed by atoms with Gasteiger partial charge in [0.05, 0.1) is 6.61 Å². The molecule has 9 nitrogen and oxygen atoms in total. The van der Waals surface area contributed by atoms with Crippen LogP contribution in [-0.2, 0) is 11.3 Å². The largest absolute Gasteiger partial charge is 0.508 e. The summed E-state index contributed by atoms with van der Waals surface area (Å²) in [5.41, 5.74) is 1.11. The molecule has 4 aromatic rings. The average Bonchev–Trinajstić information content (AvgIpc) is 3.31. The summed E-state index contributed by atoms with van der Waals surface area (Å²) < 4.78 is 17.4. The summed E-state index contributed by atoms with van der Waals surface area (Å²) >= 11 is 0. The lowest BCUT2D eigenvalue weighted by Gasteiger charge is -2.23. The molecule has 0 saturated carbocycles. The van der Waals surface area contributed by atoms with Crippen molar-refractivity contribution in [1.82, 2.24) is 4.98 Å². The monoisotopic (exact) mass is 489 g/mol. The number of rotatable bonds is 11. The number of fused-ring (bicyclic) bond motifs is 1. The molecular formula is C27H27N3O6. The van der Waals surface area contributed by atoms with Gasteiger partial charge in [0, 0.05) is 18.3 Å². The molecule has 1 heterocycles. The maximum atomic E-state index is 11.7. The van der Waals surface area contributed by atoms with Gasteiger partial charge in [-0.1, -0.05) is 24.3 Å². The predicted octanol–water partition coefficient (Wildman–Crippen LogP) is 5.46. The maximum absolute atomic E-state index is 11.7. The number of carbonyl (C=O) groups is 1. The molecule has 1 aromatic heterocycles. The first-order valence-corrected chi connectivity index (χ1v) is 11.5. The van der Waals surface area contributed by atoms with Crippen LogP contribution < -0.4 is 14.4 Å². The zero-order chi connectivity index (χ0) is 25.5. The van der Waals surface area contributed by atoms with Gasteiger partial charge in [-0.15, -0.1) is 4.91 Å². The number of aromatic nitrogens is 1. The number of nitrogens with zero attached hydrogens (tertiary/aromatic N) is 3. The Morgan fingerprint density at radius 1 is 1.03 bits per heavy atom. The SMILES string of the molecule is CC(C)(Oc1ccc(CN(CCCOc2ccc(O)cc2)c2nc3ccccc3o2)cc1)C(=O)N=O. The van der Waals surface area contributed by atoms with E-state index in [4.69, 9.17) is 13.9 Å². The van der Waals surface area contributed by atoms with E-state index in [2.05, 4.69) is 10.2 Å². The Morgan fingerprint density at radius 3 is 2.42 bits per heavy atom. The van der Waals surface area contributed by atoms with Crippen molar-refractivity contribution in [3.8, 4) is 17.2 Å². The molecule has 0 atom stereocenters. The van der Waals surface area contributed by atoms with E-state index in [0.717, 1.165) is 11.1 Å². The van der Waals surface area contributed by atoms with E-state index in [0.29, 0.717) is 49.2 Å². The van der Waals surface area contributed by atoms with Crippen LogP contribution in [0.15, 0.2) is 82.4 Å². The minimum Gasteiger partial charge on any atom is -0.508 e. The topological polar surface area (TPSA) is 114 Å². The number of amides is 1. The van der Waals surface area contributed by atoms with Crippen molar-refractivity contribution in [2.75, 3.05) is 18.1 Å². The van der Waals surface area contributed by atoms with Gasteiger partial charge >= 0.3 is 5.91 Å². The molecule has 4 rings (SSSR count). The number of phenols is 1. The van der Waals surface area contributed by atoms with Crippen LogP contribution >= 0.6 is 0 Å². The zero-order valence-electron chi connectivity index (χ0n) is 20.1.